The number of aromatic nitrogens is 1. The highest BCUT2D eigenvalue weighted by molar-refractivity contribution is 6.13. The molecular formula is C20H19N3O. The van der Waals surface area contributed by atoms with Crippen LogP contribution in [0.5, 0.6) is 0 Å². The van der Waals surface area contributed by atoms with Crippen molar-refractivity contribution in [1.82, 2.24) is 4.40 Å². The molecule has 0 atom stereocenters. The fourth-order valence-electron chi connectivity index (χ4n) is 2.84. The van der Waals surface area contributed by atoms with Gasteiger partial charge in [-0.25, -0.2) is 0 Å². The van der Waals surface area contributed by atoms with Crippen LogP contribution in [0.1, 0.15) is 48.0 Å². The second kappa shape index (κ2) is 5.54. The van der Waals surface area contributed by atoms with Gasteiger partial charge in [0, 0.05) is 11.8 Å². The molecule has 4 nitrogen and oxygen atoms in total. The highest BCUT2D eigenvalue weighted by Crippen LogP contribution is 2.28. The molecule has 120 valence electrons. The molecular weight excluding hydrogens is 298 g/mol. The molecule has 2 aromatic heterocycles. The fourth-order valence-corrected chi connectivity index (χ4v) is 2.84. The summed E-state index contributed by atoms with van der Waals surface area (Å²) in [5, 5.41) is 9.35. The summed E-state index contributed by atoms with van der Waals surface area (Å²) < 4.78 is 1.69. The number of ketones is 1. The van der Waals surface area contributed by atoms with Crippen molar-refractivity contribution < 1.29 is 4.79 Å². The van der Waals surface area contributed by atoms with Crippen molar-refractivity contribution in [3.8, 4) is 6.07 Å². The van der Waals surface area contributed by atoms with Gasteiger partial charge in [-0.2, -0.15) is 5.26 Å². The van der Waals surface area contributed by atoms with E-state index in [0.29, 0.717) is 22.3 Å². The number of carbonyl (C=O) groups excluding carboxylic acids is 1. The zero-order valence-electron chi connectivity index (χ0n) is 14.0. The molecule has 0 aliphatic heterocycles. The summed E-state index contributed by atoms with van der Waals surface area (Å²) in [5.74, 6) is -0.185. The second-order valence-corrected chi connectivity index (χ2v) is 6.86. The lowest BCUT2D eigenvalue weighted by Gasteiger charge is -2.19. The van der Waals surface area contributed by atoms with E-state index in [0.717, 1.165) is 5.56 Å². The van der Waals surface area contributed by atoms with Gasteiger partial charge in [0.2, 0.25) is 5.78 Å². The van der Waals surface area contributed by atoms with Crippen LogP contribution < -0.4 is 5.73 Å². The summed E-state index contributed by atoms with van der Waals surface area (Å²) in [6.07, 6.45) is 1.75. The van der Waals surface area contributed by atoms with E-state index in [4.69, 9.17) is 5.73 Å². The lowest BCUT2D eigenvalue weighted by atomic mass is 9.86. The van der Waals surface area contributed by atoms with Crippen LogP contribution in [0.25, 0.3) is 5.52 Å². The van der Waals surface area contributed by atoms with Crippen LogP contribution in [0.15, 0.2) is 48.7 Å². The Morgan fingerprint density at radius 3 is 2.38 bits per heavy atom. The average molecular weight is 317 g/mol. The first kappa shape index (κ1) is 15.8. The molecule has 3 rings (SSSR count). The van der Waals surface area contributed by atoms with E-state index in [1.165, 1.54) is 0 Å². The second-order valence-electron chi connectivity index (χ2n) is 6.86. The summed E-state index contributed by atoms with van der Waals surface area (Å²) in [6.45, 7) is 6.38. The third kappa shape index (κ3) is 2.44. The van der Waals surface area contributed by atoms with Gasteiger partial charge in [0.05, 0.1) is 11.2 Å². The molecule has 0 radical (unpaired) electrons. The lowest BCUT2D eigenvalue weighted by molar-refractivity contribution is 0.103. The number of pyridine rings is 1. The number of nitrogens with zero attached hydrogens (tertiary/aromatic N) is 2. The summed E-state index contributed by atoms with van der Waals surface area (Å²) in [6, 6.07) is 15.1. The topological polar surface area (TPSA) is 71.3 Å². The Labute approximate surface area is 141 Å². The number of nitriles is 1. The first-order chi connectivity index (χ1) is 11.3. The van der Waals surface area contributed by atoms with E-state index in [1.807, 2.05) is 36.4 Å². The Balaban J connectivity index is 2.13. The van der Waals surface area contributed by atoms with Crippen molar-refractivity contribution in [2.24, 2.45) is 0 Å². The molecule has 0 spiro atoms. The molecule has 2 heterocycles. The lowest BCUT2D eigenvalue weighted by Crippen LogP contribution is -2.12. The van der Waals surface area contributed by atoms with Gasteiger partial charge in [-0.15, -0.1) is 0 Å². The van der Waals surface area contributed by atoms with E-state index in [1.54, 1.807) is 16.7 Å². The van der Waals surface area contributed by atoms with Crippen molar-refractivity contribution in [3.63, 3.8) is 0 Å². The number of hydrogen-bond donors (Lipinski definition) is 1. The number of rotatable bonds is 2. The summed E-state index contributed by atoms with van der Waals surface area (Å²) in [5.41, 5.74) is 9.39. The number of anilines is 1. The van der Waals surface area contributed by atoms with Crippen molar-refractivity contribution in [2.75, 3.05) is 5.73 Å². The van der Waals surface area contributed by atoms with Crippen LogP contribution in [0.2, 0.25) is 0 Å². The smallest absolute Gasteiger partial charge is 0.211 e. The number of fused-ring (bicyclic) bond motifs is 1. The first-order valence-electron chi connectivity index (χ1n) is 7.78. The minimum absolute atomic E-state index is 0.0241. The van der Waals surface area contributed by atoms with Crippen LogP contribution in [0.4, 0.5) is 5.69 Å². The zero-order chi connectivity index (χ0) is 17.5. The van der Waals surface area contributed by atoms with Crippen molar-refractivity contribution in [2.45, 2.75) is 26.2 Å². The van der Waals surface area contributed by atoms with Gasteiger partial charge in [0.1, 0.15) is 17.3 Å². The van der Waals surface area contributed by atoms with Crippen molar-refractivity contribution >= 4 is 17.0 Å². The molecule has 1 aromatic carbocycles. The SMILES string of the molecule is CC(C)(C)c1ccc(C(=O)c2c(N)c(C#N)c3ccccn23)cc1. The van der Waals surface area contributed by atoms with Crippen molar-refractivity contribution in [3.05, 3.63) is 71.0 Å². The predicted molar refractivity (Wildman–Crippen MR) is 95.1 cm³/mol. The monoisotopic (exact) mass is 317 g/mol. The number of benzene rings is 1. The molecule has 0 aliphatic carbocycles. The van der Waals surface area contributed by atoms with Crippen LogP contribution >= 0.6 is 0 Å². The van der Waals surface area contributed by atoms with E-state index >= 15 is 0 Å². The van der Waals surface area contributed by atoms with Gasteiger partial charge in [-0.05, 0) is 23.1 Å². The quantitative estimate of drug-likeness (QED) is 0.728. The summed E-state index contributed by atoms with van der Waals surface area (Å²) in [4.78, 5) is 13.0. The molecule has 24 heavy (non-hydrogen) atoms. The maximum absolute atomic E-state index is 13.0. The van der Waals surface area contributed by atoms with E-state index in [9.17, 15) is 10.1 Å². The fraction of sp³-hybridized carbons (Fsp3) is 0.200. The number of carbonyl (C=O) groups is 1. The maximum Gasteiger partial charge on any atom is 0.211 e. The first-order valence-corrected chi connectivity index (χ1v) is 7.78. The Hall–Kier alpha value is -3.06. The zero-order valence-corrected chi connectivity index (χ0v) is 14.0. The Morgan fingerprint density at radius 1 is 1.12 bits per heavy atom. The van der Waals surface area contributed by atoms with Gasteiger partial charge >= 0.3 is 0 Å². The van der Waals surface area contributed by atoms with Gasteiger partial charge in [-0.1, -0.05) is 51.1 Å². The van der Waals surface area contributed by atoms with Crippen LogP contribution in [-0.4, -0.2) is 10.2 Å². The molecule has 2 N–H and O–H groups in total. The third-order valence-electron chi connectivity index (χ3n) is 4.22. The molecule has 0 saturated carbocycles. The maximum atomic E-state index is 13.0. The molecule has 0 amide bonds. The molecule has 3 aromatic rings. The number of nitrogens with two attached hydrogens (primary N) is 1. The molecule has 0 saturated heterocycles. The predicted octanol–water partition coefficient (Wildman–Crippen LogP) is 3.92. The Kier molecular flexibility index (Phi) is 3.65. The van der Waals surface area contributed by atoms with E-state index in [2.05, 4.69) is 26.8 Å². The van der Waals surface area contributed by atoms with Gasteiger partial charge in [0.15, 0.2) is 0 Å². The Bertz CT molecular complexity index is 967. The highest BCUT2D eigenvalue weighted by atomic mass is 16.1. The summed E-state index contributed by atoms with van der Waals surface area (Å²) >= 11 is 0. The molecule has 0 aliphatic rings. The van der Waals surface area contributed by atoms with Crippen LogP contribution in [0.3, 0.4) is 0 Å². The molecule has 0 fully saturated rings. The van der Waals surface area contributed by atoms with Gasteiger partial charge in [-0.3, -0.25) is 4.79 Å². The van der Waals surface area contributed by atoms with Crippen LogP contribution in [0, 0.1) is 11.3 Å². The van der Waals surface area contributed by atoms with E-state index in [-0.39, 0.29) is 16.9 Å². The number of nitrogen functional groups attached to an aromatic ring is 1. The van der Waals surface area contributed by atoms with E-state index < -0.39 is 0 Å². The highest BCUT2D eigenvalue weighted by Gasteiger charge is 2.23. The summed E-state index contributed by atoms with van der Waals surface area (Å²) in [7, 11) is 0. The standard InChI is InChI=1S/C20H19N3O/c1-20(2,3)14-9-7-13(8-10-14)19(24)18-17(22)15(12-21)16-6-4-5-11-23(16)18/h4-11H,22H2,1-3H3. The van der Waals surface area contributed by atoms with Gasteiger partial charge < -0.3 is 10.1 Å². The number of hydrogen-bond acceptors (Lipinski definition) is 3. The average Bonchev–Trinajstić information content (AvgIpc) is 2.84. The third-order valence-corrected chi connectivity index (χ3v) is 4.22. The Morgan fingerprint density at radius 2 is 1.79 bits per heavy atom. The van der Waals surface area contributed by atoms with Crippen LogP contribution in [-0.2, 0) is 5.41 Å². The molecule has 0 bridgehead atoms. The van der Waals surface area contributed by atoms with Crippen molar-refractivity contribution in [1.29, 1.82) is 5.26 Å². The minimum atomic E-state index is -0.185. The molecule has 4 heteroatoms. The van der Waals surface area contributed by atoms with Gasteiger partial charge in [0.25, 0.3) is 0 Å². The normalized spacial score (nSPS) is 11.4. The minimum Gasteiger partial charge on any atom is -0.396 e. The largest absolute Gasteiger partial charge is 0.396 e. The molecule has 0 unspecified atom stereocenters.